The van der Waals surface area contributed by atoms with Crippen LogP contribution in [0.4, 0.5) is 4.39 Å². The summed E-state index contributed by atoms with van der Waals surface area (Å²) >= 11 is 0. The Morgan fingerprint density at radius 2 is 2.35 bits per heavy atom. The quantitative estimate of drug-likeness (QED) is 0.879. The zero-order valence-electron chi connectivity index (χ0n) is 11.1. The molecule has 5 heteroatoms. The number of fused-ring (bicyclic) bond motifs is 1. The molecule has 2 heterocycles. The molecule has 2 aromatic rings. The van der Waals surface area contributed by atoms with E-state index in [1.165, 1.54) is 12.1 Å². The Morgan fingerprint density at radius 3 is 3.15 bits per heavy atom. The number of aromatic amines is 1. The lowest BCUT2D eigenvalue weighted by atomic mass is 10.1. The molecule has 3 rings (SSSR count). The lowest BCUT2D eigenvalue weighted by molar-refractivity contribution is -0.133. The summed E-state index contributed by atoms with van der Waals surface area (Å²) in [6.07, 6.45) is 3.22. The van der Waals surface area contributed by atoms with Gasteiger partial charge in [0.25, 0.3) is 0 Å². The van der Waals surface area contributed by atoms with E-state index in [-0.39, 0.29) is 18.1 Å². The molecule has 1 saturated heterocycles. The summed E-state index contributed by atoms with van der Waals surface area (Å²) in [4.78, 5) is 16.9. The maximum atomic E-state index is 13.1. The van der Waals surface area contributed by atoms with Crippen LogP contribution in [-0.2, 0) is 11.2 Å². The number of nitrogens with zero attached hydrogens (tertiary/aromatic N) is 1. The van der Waals surface area contributed by atoms with Gasteiger partial charge in [-0.1, -0.05) is 0 Å². The lowest BCUT2D eigenvalue weighted by Crippen LogP contribution is -2.42. The van der Waals surface area contributed by atoms with Crippen LogP contribution in [0.1, 0.15) is 18.4 Å². The smallest absolute Gasteiger partial charge is 0.227 e. The second-order valence-corrected chi connectivity index (χ2v) is 5.32. The first-order chi connectivity index (χ1) is 9.63. The fourth-order valence-corrected chi connectivity index (χ4v) is 2.76. The van der Waals surface area contributed by atoms with Crippen LogP contribution >= 0.6 is 0 Å². The highest BCUT2D eigenvalue weighted by atomic mass is 19.1. The van der Waals surface area contributed by atoms with E-state index in [9.17, 15) is 14.3 Å². The number of hydrogen-bond acceptors (Lipinski definition) is 2. The summed E-state index contributed by atoms with van der Waals surface area (Å²) in [6, 6.07) is 4.51. The molecule has 1 aromatic heterocycles. The maximum absolute atomic E-state index is 13.1. The third kappa shape index (κ3) is 2.54. The number of rotatable bonds is 2. The minimum Gasteiger partial charge on any atom is -0.391 e. The van der Waals surface area contributed by atoms with Crippen molar-refractivity contribution < 1.29 is 14.3 Å². The molecule has 0 radical (unpaired) electrons. The van der Waals surface area contributed by atoms with Gasteiger partial charge in [0, 0.05) is 30.2 Å². The number of H-pyrrole nitrogens is 1. The largest absolute Gasteiger partial charge is 0.391 e. The summed E-state index contributed by atoms with van der Waals surface area (Å²) in [5.74, 6) is -0.287. The summed E-state index contributed by atoms with van der Waals surface area (Å²) < 4.78 is 13.1. The summed E-state index contributed by atoms with van der Waals surface area (Å²) in [5, 5.41) is 10.5. The summed E-state index contributed by atoms with van der Waals surface area (Å²) in [6.45, 7) is 1.11. The van der Waals surface area contributed by atoms with E-state index in [0.29, 0.717) is 18.6 Å². The third-order valence-corrected chi connectivity index (χ3v) is 3.82. The first-order valence-electron chi connectivity index (χ1n) is 6.85. The van der Waals surface area contributed by atoms with Gasteiger partial charge in [0.05, 0.1) is 12.5 Å². The molecular formula is C15H17FN2O2. The van der Waals surface area contributed by atoms with E-state index >= 15 is 0 Å². The average molecular weight is 276 g/mol. The van der Waals surface area contributed by atoms with Gasteiger partial charge in [-0.05, 0) is 36.6 Å². The Morgan fingerprint density at radius 1 is 1.50 bits per heavy atom. The van der Waals surface area contributed by atoms with Crippen LogP contribution in [0.5, 0.6) is 0 Å². The van der Waals surface area contributed by atoms with E-state index in [2.05, 4.69) is 4.98 Å². The topological polar surface area (TPSA) is 56.3 Å². The van der Waals surface area contributed by atoms with Crippen LogP contribution in [-0.4, -0.2) is 40.1 Å². The highest BCUT2D eigenvalue weighted by Crippen LogP contribution is 2.21. The van der Waals surface area contributed by atoms with Gasteiger partial charge in [0.1, 0.15) is 5.82 Å². The number of halogens is 1. The number of piperidine rings is 1. The van der Waals surface area contributed by atoms with Crippen molar-refractivity contribution in [1.82, 2.24) is 9.88 Å². The Kier molecular flexibility index (Phi) is 3.44. The number of β-amino-alcohol motifs (C(OH)–C–C–N with tert-alkyl or cyclic N) is 1. The first kappa shape index (κ1) is 13.1. The molecule has 106 valence electrons. The third-order valence-electron chi connectivity index (χ3n) is 3.82. The number of hydrogen-bond donors (Lipinski definition) is 2. The van der Waals surface area contributed by atoms with Crippen molar-refractivity contribution in [3.8, 4) is 0 Å². The molecule has 1 aliphatic rings. The number of carbonyl (C=O) groups is 1. The molecule has 0 bridgehead atoms. The van der Waals surface area contributed by atoms with Crippen molar-refractivity contribution in [1.29, 1.82) is 0 Å². The molecule has 2 N–H and O–H groups in total. The van der Waals surface area contributed by atoms with E-state index in [4.69, 9.17) is 0 Å². The highest BCUT2D eigenvalue weighted by molar-refractivity contribution is 5.89. The normalized spacial score (nSPS) is 19.5. The van der Waals surface area contributed by atoms with Gasteiger partial charge < -0.3 is 15.0 Å². The minimum absolute atomic E-state index is 0.00831. The fraction of sp³-hybridized carbons (Fsp3) is 0.400. The fourth-order valence-electron chi connectivity index (χ4n) is 2.76. The van der Waals surface area contributed by atoms with Crippen LogP contribution in [0.2, 0.25) is 0 Å². The maximum Gasteiger partial charge on any atom is 0.227 e. The summed E-state index contributed by atoms with van der Waals surface area (Å²) in [5.41, 5.74) is 1.57. The average Bonchev–Trinajstić information content (AvgIpc) is 2.81. The molecule has 20 heavy (non-hydrogen) atoms. The molecule has 1 aliphatic heterocycles. The Bertz CT molecular complexity index is 638. The van der Waals surface area contributed by atoms with E-state index < -0.39 is 6.10 Å². The number of likely N-dealkylation sites (tertiary alicyclic amines) is 1. The van der Waals surface area contributed by atoms with Gasteiger partial charge in [0.2, 0.25) is 5.91 Å². The number of nitrogens with one attached hydrogen (secondary N) is 1. The van der Waals surface area contributed by atoms with Crippen LogP contribution < -0.4 is 0 Å². The molecule has 1 amide bonds. The van der Waals surface area contributed by atoms with Gasteiger partial charge in [-0.3, -0.25) is 4.79 Å². The standard InChI is InChI=1S/C15H17FN2O2/c16-11-3-4-13-10(8-17-14(13)7-11)6-15(20)18-5-1-2-12(19)9-18/h3-4,7-8,12,17,19H,1-2,5-6,9H2. The lowest BCUT2D eigenvalue weighted by Gasteiger charge is -2.30. The molecule has 0 aliphatic carbocycles. The molecule has 4 nitrogen and oxygen atoms in total. The molecule has 1 unspecified atom stereocenters. The Balaban J connectivity index is 1.77. The zero-order valence-corrected chi connectivity index (χ0v) is 11.1. The number of amides is 1. The Labute approximate surface area is 116 Å². The van der Waals surface area contributed by atoms with Gasteiger partial charge in [-0.15, -0.1) is 0 Å². The predicted octanol–water partition coefficient (Wildman–Crippen LogP) is 1.83. The Hall–Kier alpha value is -1.88. The van der Waals surface area contributed by atoms with E-state index in [0.717, 1.165) is 23.8 Å². The van der Waals surface area contributed by atoms with E-state index in [1.807, 2.05) is 0 Å². The molecular weight excluding hydrogens is 259 g/mol. The van der Waals surface area contributed by atoms with Crippen LogP contribution in [0.15, 0.2) is 24.4 Å². The van der Waals surface area contributed by atoms with Gasteiger partial charge in [0.15, 0.2) is 0 Å². The van der Waals surface area contributed by atoms with Crippen LogP contribution in [0.3, 0.4) is 0 Å². The molecule has 0 spiro atoms. The van der Waals surface area contributed by atoms with Crippen molar-refractivity contribution in [2.75, 3.05) is 13.1 Å². The second-order valence-electron chi connectivity index (χ2n) is 5.32. The number of aromatic nitrogens is 1. The number of benzene rings is 1. The monoisotopic (exact) mass is 276 g/mol. The van der Waals surface area contributed by atoms with Crippen molar-refractivity contribution in [2.24, 2.45) is 0 Å². The van der Waals surface area contributed by atoms with Crippen molar-refractivity contribution in [2.45, 2.75) is 25.4 Å². The van der Waals surface area contributed by atoms with E-state index in [1.54, 1.807) is 17.2 Å². The highest BCUT2D eigenvalue weighted by Gasteiger charge is 2.22. The first-order valence-corrected chi connectivity index (χ1v) is 6.85. The second kappa shape index (κ2) is 5.25. The number of aliphatic hydroxyl groups is 1. The van der Waals surface area contributed by atoms with Crippen molar-refractivity contribution >= 4 is 16.8 Å². The molecule has 0 saturated carbocycles. The molecule has 1 fully saturated rings. The molecule has 1 aromatic carbocycles. The van der Waals surface area contributed by atoms with Crippen LogP contribution in [0, 0.1) is 5.82 Å². The number of aliphatic hydroxyl groups excluding tert-OH is 1. The number of carbonyl (C=O) groups excluding carboxylic acids is 1. The zero-order chi connectivity index (χ0) is 14.1. The van der Waals surface area contributed by atoms with Crippen LogP contribution in [0.25, 0.3) is 10.9 Å². The van der Waals surface area contributed by atoms with Gasteiger partial charge in [-0.2, -0.15) is 0 Å². The summed E-state index contributed by atoms with van der Waals surface area (Å²) in [7, 11) is 0. The van der Waals surface area contributed by atoms with Gasteiger partial charge in [-0.25, -0.2) is 4.39 Å². The van der Waals surface area contributed by atoms with Crippen molar-refractivity contribution in [3.05, 3.63) is 35.8 Å². The van der Waals surface area contributed by atoms with Gasteiger partial charge >= 0.3 is 0 Å². The predicted molar refractivity (Wildman–Crippen MR) is 73.8 cm³/mol. The molecule has 1 atom stereocenters. The van der Waals surface area contributed by atoms with Crippen molar-refractivity contribution in [3.63, 3.8) is 0 Å². The minimum atomic E-state index is -0.412. The SMILES string of the molecule is O=C(Cc1c[nH]c2cc(F)ccc12)N1CCCC(O)C1.